The summed E-state index contributed by atoms with van der Waals surface area (Å²) in [4.78, 5) is 18.0. The zero-order valence-electron chi connectivity index (χ0n) is 7.95. The summed E-state index contributed by atoms with van der Waals surface area (Å²) >= 11 is 0. The van der Waals surface area contributed by atoms with Crippen LogP contribution in [0, 0.1) is 5.92 Å². The van der Waals surface area contributed by atoms with Crippen molar-refractivity contribution in [1.29, 1.82) is 0 Å². The van der Waals surface area contributed by atoms with E-state index >= 15 is 0 Å². The molecule has 2 fully saturated rings. The van der Waals surface area contributed by atoms with Crippen LogP contribution in [0.3, 0.4) is 0 Å². The minimum atomic E-state index is -0.0723. The van der Waals surface area contributed by atoms with Crippen molar-refractivity contribution in [2.45, 2.75) is 31.7 Å². The maximum Gasteiger partial charge on any atom is 0.341 e. The van der Waals surface area contributed by atoms with Crippen molar-refractivity contribution in [2.24, 2.45) is 5.92 Å². The maximum atomic E-state index is 11.5. The molecule has 2 aliphatic rings. The fourth-order valence-electron chi connectivity index (χ4n) is 2.63. The van der Waals surface area contributed by atoms with Crippen LogP contribution in [0.2, 0.25) is 0 Å². The molecule has 2 atom stereocenters. The van der Waals surface area contributed by atoms with Crippen LogP contribution < -0.4 is 5.48 Å². The number of fused-ring (bicyclic) bond motifs is 1. The van der Waals surface area contributed by atoms with Crippen LogP contribution in [0.15, 0.2) is 0 Å². The van der Waals surface area contributed by atoms with Gasteiger partial charge in [-0.15, -0.1) is 0 Å². The van der Waals surface area contributed by atoms with Crippen LogP contribution in [0.4, 0.5) is 4.79 Å². The Bertz CT molecular complexity index is 208. The topological polar surface area (TPSA) is 41.6 Å². The second-order valence-corrected chi connectivity index (χ2v) is 3.85. The fraction of sp³-hybridized carbons (Fsp3) is 0.889. The van der Waals surface area contributed by atoms with Gasteiger partial charge in [0.25, 0.3) is 0 Å². The van der Waals surface area contributed by atoms with Gasteiger partial charge in [-0.1, -0.05) is 6.42 Å². The molecule has 1 aliphatic heterocycles. The quantitative estimate of drug-likeness (QED) is 0.621. The predicted molar refractivity (Wildman–Crippen MR) is 48.0 cm³/mol. The molecule has 1 heterocycles. The second kappa shape index (κ2) is 3.54. The number of urea groups is 1. The lowest BCUT2D eigenvalue weighted by Gasteiger charge is -2.23. The summed E-state index contributed by atoms with van der Waals surface area (Å²) in [5, 5.41) is 0. The Morgan fingerprint density at radius 2 is 2.31 bits per heavy atom. The van der Waals surface area contributed by atoms with E-state index in [0.717, 1.165) is 12.5 Å². The number of amides is 2. The Balaban J connectivity index is 1.96. The monoisotopic (exact) mass is 184 g/mol. The van der Waals surface area contributed by atoms with E-state index in [1.165, 1.54) is 32.8 Å². The zero-order chi connectivity index (χ0) is 9.26. The first-order chi connectivity index (χ1) is 6.33. The third-order valence-corrected chi connectivity index (χ3v) is 3.21. The van der Waals surface area contributed by atoms with Gasteiger partial charge in [0.05, 0.1) is 7.11 Å². The molecule has 0 aromatic rings. The first-order valence-corrected chi connectivity index (χ1v) is 4.92. The lowest BCUT2D eigenvalue weighted by atomic mass is 10.1. The number of carbonyl (C=O) groups is 1. The van der Waals surface area contributed by atoms with Crippen molar-refractivity contribution >= 4 is 6.03 Å². The largest absolute Gasteiger partial charge is 0.341 e. The number of hydroxylamine groups is 1. The summed E-state index contributed by atoms with van der Waals surface area (Å²) in [5.74, 6) is 0.752. The molecular weight excluding hydrogens is 168 g/mol. The average Bonchev–Trinajstić information content (AvgIpc) is 2.62. The zero-order valence-corrected chi connectivity index (χ0v) is 7.95. The highest BCUT2D eigenvalue weighted by Crippen LogP contribution is 2.37. The summed E-state index contributed by atoms with van der Waals surface area (Å²) in [7, 11) is 1.47. The molecule has 13 heavy (non-hydrogen) atoms. The Morgan fingerprint density at radius 1 is 1.46 bits per heavy atom. The maximum absolute atomic E-state index is 11.5. The Morgan fingerprint density at radius 3 is 3.08 bits per heavy atom. The SMILES string of the molecule is CONC(=O)N1CCC2CCCC21. The van der Waals surface area contributed by atoms with Gasteiger partial charge in [0.2, 0.25) is 0 Å². The van der Waals surface area contributed by atoms with Crippen LogP contribution in [-0.2, 0) is 4.84 Å². The predicted octanol–water partition coefficient (Wildman–Crippen LogP) is 1.13. The van der Waals surface area contributed by atoms with E-state index in [1.807, 2.05) is 4.90 Å². The first-order valence-electron chi connectivity index (χ1n) is 4.92. The number of hydrogen-bond acceptors (Lipinski definition) is 2. The third-order valence-electron chi connectivity index (χ3n) is 3.21. The average molecular weight is 184 g/mol. The molecule has 0 aromatic carbocycles. The number of nitrogens with zero attached hydrogens (tertiary/aromatic N) is 1. The molecule has 4 heteroatoms. The van der Waals surface area contributed by atoms with Gasteiger partial charge in [-0.25, -0.2) is 10.3 Å². The second-order valence-electron chi connectivity index (χ2n) is 3.85. The van der Waals surface area contributed by atoms with Crippen molar-refractivity contribution in [1.82, 2.24) is 10.4 Å². The smallest absolute Gasteiger partial charge is 0.320 e. The molecule has 1 aliphatic carbocycles. The number of rotatable bonds is 1. The van der Waals surface area contributed by atoms with Gasteiger partial charge >= 0.3 is 6.03 Å². The minimum absolute atomic E-state index is 0.0723. The molecule has 1 N–H and O–H groups in total. The molecule has 2 unspecified atom stereocenters. The van der Waals surface area contributed by atoms with Gasteiger partial charge in [-0.2, -0.15) is 0 Å². The standard InChI is InChI=1S/C9H16N2O2/c1-13-10-9(12)11-6-5-7-3-2-4-8(7)11/h7-8H,2-6H2,1H3,(H,10,12). The summed E-state index contributed by atoms with van der Waals surface area (Å²) in [6, 6.07) is 0.409. The van der Waals surface area contributed by atoms with Crippen LogP contribution in [0.1, 0.15) is 25.7 Å². The fourth-order valence-corrected chi connectivity index (χ4v) is 2.63. The highest BCUT2D eigenvalue weighted by molar-refractivity contribution is 5.73. The van der Waals surface area contributed by atoms with Gasteiger partial charge < -0.3 is 4.90 Å². The molecule has 1 saturated heterocycles. The Hall–Kier alpha value is -0.770. The molecule has 0 aromatic heterocycles. The van der Waals surface area contributed by atoms with Gasteiger partial charge in [-0.3, -0.25) is 4.84 Å². The van der Waals surface area contributed by atoms with Crippen molar-refractivity contribution in [3.8, 4) is 0 Å². The molecule has 2 rings (SSSR count). The van der Waals surface area contributed by atoms with Crippen molar-refractivity contribution in [3.63, 3.8) is 0 Å². The van der Waals surface area contributed by atoms with E-state index in [4.69, 9.17) is 0 Å². The molecule has 2 amide bonds. The van der Waals surface area contributed by atoms with Crippen molar-refractivity contribution in [3.05, 3.63) is 0 Å². The Labute approximate surface area is 78.2 Å². The number of nitrogens with one attached hydrogen (secondary N) is 1. The highest BCUT2D eigenvalue weighted by Gasteiger charge is 2.39. The van der Waals surface area contributed by atoms with E-state index in [0.29, 0.717) is 6.04 Å². The summed E-state index contributed by atoms with van der Waals surface area (Å²) in [6.45, 7) is 0.893. The van der Waals surface area contributed by atoms with Crippen molar-refractivity contribution < 1.29 is 9.63 Å². The van der Waals surface area contributed by atoms with Crippen LogP contribution in [0.25, 0.3) is 0 Å². The van der Waals surface area contributed by atoms with Gasteiger partial charge in [-0.05, 0) is 25.2 Å². The van der Waals surface area contributed by atoms with E-state index in [2.05, 4.69) is 10.3 Å². The van der Waals surface area contributed by atoms with Crippen LogP contribution in [0.5, 0.6) is 0 Å². The number of hydrogen-bond donors (Lipinski definition) is 1. The summed E-state index contributed by atoms with van der Waals surface area (Å²) < 4.78 is 0. The van der Waals surface area contributed by atoms with Gasteiger partial charge in [0.1, 0.15) is 0 Å². The summed E-state index contributed by atoms with van der Waals surface area (Å²) in [5.41, 5.74) is 2.39. The minimum Gasteiger partial charge on any atom is -0.320 e. The Kier molecular flexibility index (Phi) is 2.40. The van der Waals surface area contributed by atoms with E-state index < -0.39 is 0 Å². The third kappa shape index (κ3) is 1.50. The van der Waals surface area contributed by atoms with E-state index in [9.17, 15) is 4.79 Å². The molecule has 74 valence electrons. The molecule has 0 spiro atoms. The normalized spacial score (nSPS) is 31.9. The molecular formula is C9H16N2O2. The summed E-state index contributed by atoms with van der Waals surface area (Å²) in [6.07, 6.45) is 4.90. The molecule has 0 radical (unpaired) electrons. The highest BCUT2D eigenvalue weighted by atomic mass is 16.6. The number of likely N-dealkylation sites (tertiary alicyclic amines) is 1. The molecule has 1 saturated carbocycles. The van der Waals surface area contributed by atoms with E-state index in [1.54, 1.807) is 0 Å². The van der Waals surface area contributed by atoms with Gasteiger partial charge in [0.15, 0.2) is 0 Å². The molecule has 4 nitrogen and oxygen atoms in total. The van der Waals surface area contributed by atoms with Crippen LogP contribution >= 0.6 is 0 Å². The molecule has 0 bridgehead atoms. The van der Waals surface area contributed by atoms with E-state index in [-0.39, 0.29) is 6.03 Å². The van der Waals surface area contributed by atoms with Crippen LogP contribution in [-0.4, -0.2) is 30.6 Å². The lowest BCUT2D eigenvalue weighted by molar-refractivity contribution is 0.0836. The first kappa shape index (κ1) is 8.81. The number of carbonyl (C=O) groups excluding carboxylic acids is 1. The van der Waals surface area contributed by atoms with Crippen molar-refractivity contribution in [2.75, 3.05) is 13.7 Å². The van der Waals surface area contributed by atoms with Gasteiger partial charge in [0, 0.05) is 12.6 Å². The lowest BCUT2D eigenvalue weighted by Crippen LogP contribution is -2.42.